The minimum atomic E-state index is -5.11. The zero-order valence-electron chi connectivity index (χ0n) is 9.65. The second kappa shape index (κ2) is 5.08. The van der Waals surface area contributed by atoms with E-state index in [9.17, 15) is 28.1 Å². The highest BCUT2D eigenvalue weighted by Crippen LogP contribution is 2.34. The quantitative estimate of drug-likeness (QED) is 0.477. The number of aromatic nitrogens is 1. The van der Waals surface area contributed by atoms with Gasteiger partial charge in [0.15, 0.2) is 5.69 Å². The van der Waals surface area contributed by atoms with Crippen molar-refractivity contribution in [2.75, 3.05) is 7.11 Å². The van der Waals surface area contributed by atoms with Crippen LogP contribution >= 0.6 is 0 Å². The average Bonchev–Trinajstić information content (AvgIpc) is 2.28. The fraction of sp³-hybridized carbons (Fsp3) is 0.333. The second-order valence-electron chi connectivity index (χ2n) is 3.24. The maximum absolute atomic E-state index is 12.1. The van der Waals surface area contributed by atoms with Crippen LogP contribution in [0.15, 0.2) is 6.07 Å². The number of ether oxygens (including phenoxy) is 2. The SMILES string of the molecule is COC(=O)c1cc([N+](=O)[O-])c(OC(F)(F)F)c(C)n1. The van der Waals surface area contributed by atoms with Crippen LogP contribution in [-0.2, 0) is 4.74 Å². The van der Waals surface area contributed by atoms with Crippen molar-refractivity contribution >= 4 is 11.7 Å². The van der Waals surface area contributed by atoms with Crippen LogP contribution in [0, 0.1) is 17.0 Å². The van der Waals surface area contributed by atoms with Gasteiger partial charge >= 0.3 is 18.0 Å². The van der Waals surface area contributed by atoms with Crippen LogP contribution in [-0.4, -0.2) is 29.3 Å². The Bertz CT molecular complexity index is 529. The minimum absolute atomic E-state index is 0.452. The van der Waals surface area contributed by atoms with Crippen molar-refractivity contribution < 1.29 is 32.4 Å². The number of aryl methyl sites for hydroxylation is 1. The van der Waals surface area contributed by atoms with Gasteiger partial charge in [0, 0.05) is 0 Å². The number of rotatable bonds is 3. The summed E-state index contributed by atoms with van der Waals surface area (Å²) in [6.07, 6.45) is -5.11. The van der Waals surface area contributed by atoms with E-state index in [1.54, 1.807) is 0 Å². The lowest BCUT2D eigenvalue weighted by Crippen LogP contribution is -2.19. The number of hydrogen-bond acceptors (Lipinski definition) is 6. The molecule has 10 heteroatoms. The van der Waals surface area contributed by atoms with Crippen molar-refractivity contribution in [2.24, 2.45) is 0 Å². The molecule has 104 valence electrons. The Morgan fingerprint density at radius 1 is 1.47 bits per heavy atom. The third-order valence-corrected chi connectivity index (χ3v) is 1.93. The smallest absolute Gasteiger partial charge is 0.464 e. The number of carbonyl (C=O) groups is 1. The van der Waals surface area contributed by atoms with Gasteiger partial charge in [-0.15, -0.1) is 13.2 Å². The number of halogens is 3. The average molecular weight is 280 g/mol. The summed E-state index contributed by atoms with van der Waals surface area (Å²) >= 11 is 0. The van der Waals surface area contributed by atoms with Gasteiger partial charge < -0.3 is 9.47 Å². The molecule has 1 aromatic heterocycles. The zero-order chi connectivity index (χ0) is 14.8. The normalized spacial score (nSPS) is 11.0. The number of methoxy groups -OCH3 is 1. The molecule has 0 radical (unpaired) electrons. The van der Waals surface area contributed by atoms with Crippen molar-refractivity contribution in [3.8, 4) is 5.75 Å². The minimum Gasteiger partial charge on any atom is -0.464 e. The number of nitrogens with zero attached hydrogens (tertiary/aromatic N) is 2. The second-order valence-corrected chi connectivity index (χ2v) is 3.24. The molecule has 0 aromatic carbocycles. The summed E-state index contributed by atoms with van der Waals surface area (Å²) in [6, 6.07) is 0.555. The largest absolute Gasteiger partial charge is 0.573 e. The lowest BCUT2D eigenvalue weighted by molar-refractivity contribution is -0.388. The number of hydrogen-bond donors (Lipinski definition) is 0. The summed E-state index contributed by atoms with van der Waals surface area (Å²) in [7, 11) is 1.01. The Morgan fingerprint density at radius 3 is 2.47 bits per heavy atom. The van der Waals surface area contributed by atoms with Crippen molar-refractivity contribution in [1.29, 1.82) is 0 Å². The van der Waals surface area contributed by atoms with E-state index < -0.39 is 40.1 Å². The van der Waals surface area contributed by atoms with E-state index in [4.69, 9.17) is 0 Å². The van der Waals surface area contributed by atoms with Crippen molar-refractivity contribution in [3.05, 3.63) is 27.6 Å². The van der Waals surface area contributed by atoms with Gasteiger partial charge in [-0.05, 0) is 6.92 Å². The first kappa shape index (κ1) is 14.7. The fourth-order valence-corrected chi connectivity index (χ4v) is 1.23. The predicted molar refractivity (Wildman–Crippen MR) is 53.7 cm³/mol. The lowest BCUT2D eigenvalue weighted by Gasteiger charge is -2.11. The molecule has 0 fully saturated rings. The van der Waals surface area contributed by atoms with E-state index in [-0.39, 0.29) is 0 Å². The van der Waals surface area contributed by atoms with Gasteiger partial charge in [0.05, 0.1) is 23.8 Å². The van der Waals surface area contributed by atoms with Gasteiger partial charge in [-0.1, -0.05) is 0 Å². The molecule has 7 nitrogen and oxygen atoms in total. The molecule has 1 rings (SSSR count). The molecule has 0 aliphatic rings. The predicted octanol–water partition coefficient (Wildman–Crippen LogP) is 1.98. The summed E-state index contributed by atoms with van der Waals surface area (Å²) in [4.78, 5) is 24.2. The number of nitro groups is 1. The number of pyridine rings is 1. The van der Waals surface area contributed by atoms with Crippen molar-refractivity contribution in [3.63, 3.8) is 0 Å². The van der Waals surface area contributed by atoms with Gasteiger partial charge in [0.2, 0.25) is 5.75 Å². The third kappa shape index (κ3) is 3.53. The van der Waals surface area contributed by atoms with Crippen LogP contribution in [0.5, 0.6) is 5.75 Å². The number of esters is 1. The Kier molecular flexibility index (Phi) is 3.92. The first-order valence-corrected chi connectivity index (χ1v) is 4.66. The van der Waals surface area contributed by atoms with Crippen molar-refractivity contribution in [1.82, 2.24) is 4.98 Å². The molecule has 19 heavy (non-hydrogen) atoms. The Hall–Kier alpha value is -2.39. The molecule has 0 saturated heterocycles. The Balaban J connectivity index is 3.39. The van der Waals surface area contributed by atoms with Crippen molar-refractivity contribution in [2.45, 2.75) is 13.3 Å². The summed E-state index contributed by atoms with van der Waals surface area (Å²) in [5, 5.41) is 10.7. The van der Waals surface area contributed by atoms with Gasteiger partial charge in [-0.3, -0.25) is 10.1 Å². The molecule has 0 amide bonds. The molecule has 0 saturated carbocycles. The summed E-state index contributed by atoms with van der Waals surface area (Å²) in [5.41, 5.74) is -1.96. The number of alkyl halides is 3. The first-order valence-electron chi connectivity index (χ1n) is 4.66. The summed E-state index contributed by atoms with van der Waals surface area (Å²) in [6.45, 7) is 1.04. The van der Waals surface area contributed by atoms with E-state index in [0.29, 0.717) is 6.07 Å². The van der Waals surface area contributed by atoms with Crippen LogP contribution in [0.1, 0.15) is 16.2 Å². The summed E-state index contributed by atoms with van der Waals surface area (Å²) in [5.74, 6) is -2.07. The van der Waals surface area contributed by atoms with Gasteiger partial charge in [0.25, 0.3) is 0 Å². The van der Waals surface area contributed by atoms with Crippen LogP contribution in [0.25, 0.3) is 0 Å². The monoisotopic (exact) mass is 280 g/mol. The maximum atomic E-state index is 12.1. The van der Waals surface area contributed by atoms with Crippen LogP contribution in [0.3, 0.4) is 0 Å². The van der Waals surface area contributed by atoms with E-state index in [1.165, 1.54) is 0 Å². The molecule has 0 aliphatic heterocycles. The highest BCUT2D eigenvalue weighted by molar-refractivity contribution is 5.88. The van der Waals surface area contributed by atoms with E-state index in [2.05, 4.69) is 14.5 Å². The van der Waals surface area contributed by atoms with Gasteiger partial charge in [0.1, 0.15) is 0 Å². The van der Waals surface area contributed by atoms with Crippen LogP contribution < -0.4 is 4.74 Å². The standard InChI is InChI=1S/C9H7F3N2O5/c1-4-7(19-9(10,11)12)6(14(16)17)3-5(13-4)8(15)18-2/h3H,1-2H3. The Labute approximate surface area is 104 Å². The Morgan fingerprint density at radius 2 is 2.05 bits per heavy atom. The third-order valence-electron chi connectivity index (χ3n) is 1.93. The highest BCUT2D eigenvalue weighted by Gasteiger charge is 2.36. The first-order chi connectivity index (χ1) is 8.65. The van der Waals surface area contributed by atoms with Crippen LogP contribution in [0.4, 0.5) is 18.9 Å². The number of carbonyl (C=O) groups excluding carboxylic acids is 1. The molecular weight excluding hydrogens is 273 g/mol. The van der Waals surface area contributed by atoms with Gasteiger partial charge in [-0.25, -0.2) is 9.78 Å². The molecule has 0 unspecified atom stereocenters. The zero-order valence-corrected chi connectivity index (χ0v) is 9.65. The molecule has 1 heterocycles. The van der Waals surface area contributed by atoms with Crippen LogP contribution in [0.2, 0.25) is 0 Å². The lowest BCUT2D eigenvalue weighted by atomic mass is 10.2. The highest BCUT2D eigenvalue weighted by atomic mass is 19.4. The molecule has 1 aromatic rings. The van der Waals surface area contributed by atoms with E-state index >= 15 is 0 Å². The summed E-state index contributed by atoms with van der Waals surface area (Å²) < 4.78 is 44.2. The molecular formula is C9H7F3N2O5. The van der Waals surface area contributed by atoms with E-state index in [0.717, 1.165) is 14.0 Å². The molecule has 0 atom stereocenters. The fourth-order valence-electron chi connectivity index (χ4n) is 1.23. The maximum Gasteiger partial charge on any atom is 0.573 e. The molecule has 0 bridgehead atoms. The van der Waals surface area contributed by atoms with E-state index in [1.807, 2.05) is 0 Å². The van der Waals surface area contributed by atoms with Gasteiger partial charge in [-0.2, -0.15) is 0 Å². The molecule has 0 aliphatic carbocycles. The topological polar surface area (TPSA) is 91.6 Å². The molecule has 0 spiro atoms. The molecule has 0 N–H and O–H groups in total.